The van der Waals surface area contributed by atoms with E-state index in [0.29, 0.717) is 5.92 Å². The number of sulfone groups is 1. The Hall–Kier alpha value is -0.960. The van der Waals surface area contributed by atoms with Gasteiger partial charge in [-0.2, -0.15) is 0 Å². The van der Waals surface area contributed by atoms with E-state index >= 15 is 0 Å². The summed E-state index contributed by atoms with van der Waals surface area (Å²) >= 11 is 0. The molecule has 1 aromatic carbocycles. The van der Waals surface area contributed by atoms with Crippen LogP contribution in [0.15, 0.2) is 24.3 Å². The number of nitrogens with two attached hydrogens (primary N) is 1. The second kappa shape index (κ2) is 7.54. The van der Waals surface area contributed by atoms with E-state index in [1.807, 2.05) is 24.3 Å². The van der Waals surface area contributed by atoms with Gasteiger partial charge in [-0.25, -0.2) is 21.6 Å². The molecule has 0 aliphatic carbocycles. The van der Waals surface area contributed by atoms with Crippen molar-refractivity contribution in [1.29, 1.82) is 0 Å². The normalized spacial score (nSPS) is 14.2. The Morgan fingerprint density at radius 1 is 1.00 bits per heavy atom. The van der Waals surface area contributed by atoms with E-state index in [1.54, 1.807) is 0 Å². The van der Waals surface area contributed by atoms with Gasteiger partial charge in [0, 0.05) is 18.8 Å². The van der Waals surface area contributed by atoms with Gasteiger partial charge >= 0.3 is 0 Å². The van der Waals surface area contributed by atoms with E-state index in [-0.39, 0.29) is 6.54 Å². The SMILES string of the molecule is CC(C)c1ccc(C(N)CNS(=O)(=O)CCS(C)(=O)=O)cc1. The predicted molar refractivity (Wildman–Crippen MR) is 89.0 cm³/mol. The fourth-order valence-electron chi connectivity index (χ4n) is 1.80. The van der Waals surface area contributed by atoms with Crippen LogP contribution in [0.3, 0.4) is 0 Å². The Morgan fingerprint density at radius 3 is 1.95 bits per heavy atom. The molecule has 1 aromatic rings. The smallest absolute Gasteiger partial charge is 0.212 e. The van der Waals surface area contributed by atoms with E-state index < -0.39 is 37.4 Å². The van der Waals surface area contributed by atoms with Crippen LogP contribution in [0, 0.1) is 0 Å². The third-order valence-electron chi connectivity index (χ3n) is 3.28. The summed E-state index contributed by atoms with van der Waals surface area (Å²) in [5.74, 6) is -0.439. The fraction of sp³-hybridized carbons (Fsp3) is 0.571. The molecule has 0 saturated carbocycles. The highest BCUT2D eigenvalue weighted by Crippen LogP contribution is 2.17. The van der Waals surface area contributed by atoms with Crippen molar-refractivity contribution in [2.75, 3.05) is 24.3 Å². The zero-order chi connectivity index (χ0) is 17.0. The molecular formula is C14H24N2O4S2. The minimum atomic E-state index is -3.65. The highest BCUT2D eigenvalue weighted by molar-refractivity contribution is 7.93. The van der Waals surface area contributed by atoms with Crippen molar-refractivity contribution in [2.45, 2.75) is 25.8 Å². The lowest BCUT2D eigenvalue weighted by atomic mass is 9.99. The van der Waals surface area contributed by atoms with Crippen molar-refractivity contribution in [3.05, 3.63) is 35.4 Å². The standard InChI is InChI=1S/C14H24N2O4S2/c1-11(2)12-4-6-13(7-5-12)14(15)10-16-22(19,20)9-8-21(3,17)18/h4-7,11,14,16H,8-10,15H2,1-3H3. The number of benzene rings is 1. The van der Waals surface area contributed by atoms with E-state index in [2.05, 4.69) is 18.6 Å². The Kier molecular flexibility index (Phi) is 6.54. The molecule has 0 bridgehead atoms. The third-order valence-corrected chi connectivity index (χ3v) is 5.83. The number of sulfonamides is 1. The predicted octanol–water partition coefficient (Wildman–Crippen LogP) is 0.774. The van der Waals surface area contributed by atoms with Crippen molar-refractivity contribution in [3.63, 3.8) is 0 Å². The molecule has 126 valence electrons. The first-order chi connectivity index (χ1) is 10.0. The molecule has 0 heterocycles. The van der Waals surface area contributed by atoms with Gasteiger partial charge in [0.25, 0.3) is 0 Å². The van der Waals surface area contributed by atoms with E-state index in [1.165, 1.54) is 5.56 Å². The summed E-state index contributed by atoms with van der Waals surface area (Å²) in [6.07, 6.45) is 1.00. The van der Waals surface area contributed by atoms with Gasteiger partial charge in [0.1, 0.15) is 9.84 Å². The van der Waals surface area contributed by atoms with Crippen LogP contribution in [-0.4, -0.2) is 41.1 Å². The van der Waals surface area contributed by atoms with Crippen molar-refractivity contribution < 1.29 is 16.8 Å². The molecular weight excluding hydrogens is 324 g/mol. The summed E-state index contributed by atoms with van der Waals surface area (Å²) in [7, 11) is -6.96. The van der Waals surface area contributed by atoms with Crippen LogP contribution in [0.4, 0.5) is 0 Å². The molecule has 1 unspecified atom stereocenters. The van der Waals surface area contributed by atoms with Gasteiger partial charge in [0.05, 0.1) is 11.5 Å². The van der Waals surface area contributed by atoms with Crippen molar-refractivity contribution >= 4 is 19.9 Å². The van der Waals surface area contributed by atoms with Gasteiger partial charge in [0.15, 0.2) is 0 Å². The molecule has 8 heteroatoms. The molecule has 0 aliphatic heterocycles. The molecule has 6 nitrogen and oxygen atoms in total. The van der Waals surface area contributed by atoms with Crippen LogP contribution in [-0.2, 0) is 19.9 Å². The lowest BCUT2D eigenvalue weighted by molar-refractivity contribution is 0.571. The molecule has 1 atom stereocenters. The topological polar surface area (TPSA) is 106 Å². The maximum absolute atomic E-state index is 11.7. The summed E-state index contributed by atoms with van der Waals surface area (Å²) in [4.78, 5) is 0. The summed E-state index contributed by atoms with van der Waals surface area (Å²) in [6, 6.07) is 7.22. The van der Waals surface area contributed by atoms with E-state index in [0.717, 1.165) is 11.8 Å². The number of hydrogen-bond acceptors (Lipinski definition) is 5. The molecule has 0 amide bonds. The average molecular weight is 348 g/mol. The summed E-state index contributed by atoms with van der Waals surface area (Å²) in [5.41, 5.74) is 7.98. The van der Waals surface area contributed by atoms with E-state index in [9.17, 15) is 16.8 Å². The molecule has 0 aromatic heterocycles. The van der Waals surface area contributed by atoms with Gasteiger partial charge < -0.3 is 5.73 Å². The Bertz CT molecular complexity index is 680. The number of hydrogen-bond donors (Lipinski definition) is 2. The zero-order valence-corrected chi connectivity index (χ0v) is 14.7. The van der Waals surface area contributed by atoms with Gasteiger partial charge in [0.2, 0.25) is 10.0 Å². The highest BCUT2D eigenvalue weighted by atomic mass is 32.2. The first-order valence-corrected chi connectivity index (χ1v) is 10.7. The molecule has 1 rings (SSSR count). The first-order valence-electron chi connectivity index (χ1n) is 7.00. The molecule has 0 radical (unpaired) electrons. The molecule has 0 spiro atoms. The lowest BCUT2D eigenvalue weighted by Gasteiger charge is -2.14. The zero-order valence-electron chi connectivity index (χ0n) is 13.1. The average Bonchev–Trinajstić information content (AvgIpc) is 2.42. The van der Waals surface area contributed by atoms with Gasteiger partial charge in [-0.3, -0.25) is 0 Å². The second-order valence-corrected chi connectivity index (χ2v) is 9.91. The highest BCUT2D eigenvalue weighted by Gasteiger charge is 2.16. The van der Waals surface area contributed by atoms with Crippen molar-refractivity contribution in [1.82, 2.24) is 4.72 Å². The lowest BCUT2D eigenvalue weighted by Crippen LogP contribution is -2.35. The molecule has 0 saturated heterocycles. The summed E-state index contributed by atoms with van der Waals surface area (Å²) < 4.78 is 47.8. The van der Waals surface area contributed by atoms with Gasteiger partial charge in [-0.1, -0.05) is 38.1 Å². The van der Waals surface area contributed by atoms with E-state index in [4.69, 9.17) is 5.73 Å². The van der Waals surface area contributed by atoms with Crippen LogP contribution in [0.5, 0.6) is 0 Å². The third kappa shape index (κ3) is 6.87. The Balaban J connectivity index is 2.59. The summed E-state index contributed by atoms with van der Waals surface area (Å²) in [6.45, 7) is 4.21. The largest absolute Gasteiger partial charge is 0.323 e. The van der Waals surface area contributed by atoms with Crippen LogP contribution < -0.4 is 10.5 Å². The van der Waals surface area contributed by atoms with Crippen molar-refractivity contribution in [3.8, 4) is 0 Å². The number of nitrogens with one attached hydrogen (secondary N) is 1. The second-order valence-electron chi connectivity index (χ2n) is 5.73. The minimum absolute atomic E-state index is 0.0348. The van der Waals surface area contributed by atoms with Gasteiger partial charge in [-0.05, 0) is 17.0 Å². The van der Waals surface area contributed by atoms with Gasteiger partial charge in [-0.15, -0.1) is 0 Å². The Morgan fingerprint density at radius 2 is 1.50 bits per heavy atom. The van der Waals surface area contributed by atoms with Crippen LogP contribution >= 0.6 is 0 Å². The quantitative estimate of drug-likeness (QED) is 0.722. The molecule has 0 fully saturated rings. The van der Waals surface area contributed by atoms with Crippen LogP contribution in [0.25, 0.3) is 0 Å². The molecule has 3 N–H and O–H groups in total. The number of rotatable bonds is 8. The summed E-state index contributed by atoms with van der Waals surface area (Å²) in [5, 5.41) is 0. The maximum atomic E-state index is 11.7. The minimum Gasteiger partial charge on any atom is -0.323 e. The first kappa shape index (κ1) is 19.1. The monoisotopic (exact) mass is 348 g/mol. The Labute approximate surface area is 133 Å². The fourth-order valence-corrected chi connectivity index (χ4v) is 4.46. The molecule has 22 heavy (non-hydrogen) atoms. The van der Waals surface area contributed by atoms with Crippen molar-refractivity contribution in [2.24, 2.45) is 5.73 Å². The molecule has 0 aliphatic rings. The maximum Gasteiger partial charge on any atom is 0.212 e. The van der Waals surface area contributed by atoms with Crippen LogP contribution in [0.2, 0.25) is 0 Å². The van der Waals surface area contributed by atoms with Crippen LogP contribution in [0.1, 0.15) is 36.9 Å².